The van der Waals surface area contributed by atoms with Crippen molar-refractivity contribution in [2.45, 2.75) is 43.8 Å². The summed E-state index contributed by atoms with van der Waals surface area (Å²) in [7, 11) is 0. The van der Waals surface area contributed by atoms with Crippen LogP contribution in [-0.4, -0.2) is 64.5 Å². The van der Waals surface area contributed by atoms with E-state index in [1.54, 1.807) is 0 Å². The highest BCUT2D eigenvalue weighted by Gasteiger charge is 2.28. The predicted octanol–water partition coefficient (Wildman–Crippen LogP) is -2.75. The summed E-state index contributed by atoms with van der Waals surface area (Å²) in [5.74, 6) is -3.76. The molecule has 0 heterocycles. The molecule has 0 saturated heterocycles. The molecule has 0 fully saturated rings. The van der Waals surface area contributed by atoms with Gasteiger partial charge in [-0.25, -0.2) is 4.79 Å². The molecule has 0 aliphatic rings. The number of phenolic OH excluding ortho intramolecular Hbond substituents is 1. The highest BCUT2D eigenvalue weighted by Crippen LogP contribution is 2.12. The lowest BCUT2D eigenvalue weighted by atomic mass is 10.0. The number of hydrogen-bond acceptors (Lipinski definition) is 7. The van der Waals surface area contributed by atoms with Crippen molar-refractivity contribution in [3.63, 3.8) is 0 Å². The number of nitrogens with two attached hydrogens (primary N) is 4. The number of nitrogens with one attached hydrogen (secondary N) is 2. The van der Waals surface area contributed by atoms with Crippen LogP contribution in [0, 0.1) is 0 Å². The van der Waals surface area contributed by atoms with E-state index in [9.17, 15) is 29.4 Å². The fourth-order valence-corrected chi connectivity index (χ4v) is 2.70. The molecule has 0 radical (unpaired) electrons. The van der Waals surface area contributed by atoms with Crippen molar-refractivity contribution in [2.24, 2.45) is 27.9 Å². The minimum Gasteiger partial charge on any atom is -0.508 e. The third-order valence-electron chi connectivity index (χ3n) is 4.33. The van der Waals surface area contributed by atoms with Gasteiger partial charge in [0.05, 0.1) is 12.5 Å². The van der Waals surface area contributed by atoms with Crippen molar-refractivity contribution in [3.05, 3.63) is 29.8 Å². The molecule has 1 aromatic rings. The second kappa shape index (κ2) is 12.7. The molecule has 176 valence electrons. The number of nitrogens with zero attached hydrogens (tertiary/aromatic N) is 1. The average molecular weight is 451 g/mol. The second-order valence-corrected chi connectivity index (χ2v) is 7.06. The Morgan fingerprint density at radius 2 is 1.56 bits per heavy atom. The minimum absolute atomic E-state index is 0.0144. The number of carboxylic acid groups (broad SMARTS) is 1. The van der Waals surface area contributed by atoms with Crippen LogP contribution < -0.4 is 33.6 Å². The lowest BCUT2D eigenvalue weighted by Crippen LogP contribution is -2.55. The topological polar surface area (TPSA) is 249 Å². The number of primary amides is 1. The van der Waals surface area contributed by atoms with E-state index in [0.29, 0.717) is 5.56 Å². The first-order chi connectivity index (χ1) is 15.0. The molecule has 0 aromatic heterocycles. The van der Waals surface area contributed by atoms with Gasteiger partial charge in [0.25, 0.3) is 0 Å². The SMILES string of the molecule is NC(=O)C[C@H](N)C(=O)N[C@@H](CCCN=C(N)N)C(=O)N[C@@H](Cc1ccc(O)cc1)C(=O)O. The Morgan fingerprint density at radius 1 is 0.969 bits per heavy atom. The molecule has 0 unspecified atom stereocenters. The van der Waals surface area contributed by atoms with Crippen LogP contribution in [0.1, 0.15) is 24.8 Å². The number of phenols is 1. The maximum Gasteiger partial charge on any atom is 0.326 e. The summed E-state index contributed by atoms with van der Waals surface area (Å²) < 4.78 is 0. The van der Waals surface area contributed by atoms with E-state index in [-0.39, 0.29) is 37.5 Å². The Hall–Kier alpha value is -3.87. The summed E-state index contributed by atoms with van der Waals surface area (Å²) in [5.41, 5.74) is 21.7. The minimum atomic E-state index is -1.30. The number of aliphatic carboxylic acids is 1. The lowest BCUT2D eigenvalue weighted by molar-refractivity contribution is -0.142. The van der Waals surface area contributed by atoms with Crippen LogP contribution in [0.25, 0.3) is 0 Å². The number of amides is 3. The van der Waals surface area contributed by atoms with Crippen LogP contribution >= 0.6 is 0 Å². The van der Waals surface area contributed by atoms with E-state index >= 15 is 0 Å². The number of hydrogen-bond donors (Lipinski definition) is 8. The van der Waals surface area contributed by atoms with Crippen molar-refractivity contribution in [2.75, 3.05) is 6.54 Å². The van der Waals surface area contributed by atoms with Gasteiger partial charge in [0, 0.05) is 13.0 Å². The van der Waals surface area contributed by atoms with Gasteiger partial charge in [-0.3, -0.25) is 19.4 Å². The first-order valence-corrected chi connectivity index (χ1v) is 9.70. The van der Waals surface area contributed by atoms with Crippen LogP contribution in [0.2, 0.25) is 0 Å². The summed E-state index contributed by atoms with van der Waals surface area (Å²) in [6, 6.07) is 2.10. The molecule has 3 atom stereocenters. The highest BCUT2D eigenvalue weighted by molar-refractivity contribution is 5.93. The van der Waals surface area contributed by atoms with Gasteiger partial charge in [-0.2, -0.15) is 0 Å². The molecule has 0 saturated carbocycles. The number of guanidine groups is 1. The van der Waals surface area contributed by atoms with Crippen LogP contribution in [0.4, 0.5) is 0 Å². The number of carboxylic acids is 1. The van der Waals surface area contributed by atoms with Crippen LogP contribution in [0.5, 0.6) is 5.75 Å². The van der Waals surface area contributed by atoms with Gasteiger partial charge in [-0.15, -0.1) is 0 Å². The molecule has 1 rings (SSSR count). The first kappa shape index (κ1) is 26.2. The summed E-state index contributed by atoms with van der Waals surface area (Å²) in [6.45, 7) is 0.172. The van der Waals surface area contributed by atoms with Gasteiger partial charge in [0.15, 0.2) is 5.96 Å². The van der Waals surface area contributed by atoms with Gasteiger partial charge in [0.1, 0.15) is 17.8 Å². The molecule has 13 nitrogen and oxygen atoms in total. The van der Waals surface area contributed by atoms with Crippen LogP contribution in [0.3, 0.4) is 0 Å². The molecule has 3 amide bonds. The zero-order valence-corrected chi connectivity index (χ0v) is 17.4. The number of carbonyl (C=O) groups excluding carboxylic acids is 3. The van der Waals surface area contributed by atoms with Crippen LogP contribution in [0.15, 0.2) is 29.3 Å². The van der Waals surface area contributed by atoms with E-state index < -0.39 is 48.2 Å². The summed E-state index contributed by atoms with van der Waals surface area (Å²) >= 11 is 0. The van der Waals surface area contributed by atoms with E-state index in [0.717, 1.165) is 0 Å². The van der Waals surface area contributed by atoms with Gasteiger partial charge in [0.2, 0.25) is 17.7 Å². The zero-order valence-electron chi connectivity index (χ0n) is 17.4. The maximum atomic E-state index is 12.8. The molecule has 1 aromatic carbocycles. The molecule has 13 heteroatoms. The van der Waals surface area contributed by atoms with E-state index in [1.807, 2.05) is 0 Å². The number of rotatable bonds is 13. The average Bonchev–Trinajstić information content (AvgIpc) is 2.70. The number of benzene rings is 1. The number of aromatic hydroxyl groups is 1. The van der Waals surface area contributed by atoms with Gasteiger partial charge in [-0.05, 0) is 30.5 Å². The molecule has 12 N–H and O–H groups in total. The predicted molar refractivity (Wildman–Crippen MR) is 115 cm³/mol. The van der Waals surface area contributed by atoms with E-state index in [2.05, 4.69) is 15.6 Å². The Balaban J connectivity index is 2.90. The molecule has 0 aliphatic carbocycles. The van der Waals surface area contributed by atoms with Gasteiger partial charge >= 0.3 is 5.97 Å². The van der Waals surface area contributed by atoms with Gasteiger partial charge < -0.3 is 43.8 Å². The van der Waals surface area contributed by atoms with E-state index in [1.165, 1.54) is 24.3 Å². The van der Waals surface area contributed by atoms with Crippen molar-refractivity contribution in [1.29, 1.82) is 0 Å². The van der Waals surface area contributed by atoms with Crippen molar-refractivity contribution in [1.82, 2.24) is 10.6 Å². The number of aliphatic imine (C=N–C) groups is 1. The molecular formula is C19H29N7O6. The Labute approximate surface area is 184 Å². The summed E-state index contributed by atoms with van der Waals surface area (Å²) in [4.78, 5) is 51.4. The molecular weight excluding hydrogens is 422 g/mol. The van der Waals surface area contributed by atoms with Crippen molar-refractivity contribution >= 4 is 29.7 Å². The second-order valence-electron chi connectivity index (χ2n) is 7.06. The summed E-state index contributed by atoms with van der Waals surface area (Å²) in [6.07, 6.45) is -0.121. The molecule has 32 heavy (non-hydrogen) atoms. The fourth-order valence-electron chi connectivity index (χ4n) is 2.70. The smallest absolute Gasteiger partial charge is 0.326 e. The Morgan fingerprint density at radius 3 is 2.09 bits per heavy atom. The van der Waals surface area contributed by atoms with Crippen molar-refractivity contribution in [3.8, 4) is 5.75 Å². The van der Waals surface area contributed by atoms with Crippen LogP contribution in [-0.2, 0) is 25.6 Å². The molecule has 0 spiro atoms. The highest BCUT2D eigenvalue weighted by atomic mass is 16.4. The Kier molecular flexibility index (Phi) is 10.4. The molecule has 0 bridgehead atoms. The quantitative estimate of drug-likeness (QED) is 0.0877. The largest absolute Gasteiger partial charge is 0.508 e. The van der Waals surface area contributed by atoms with Gasteiger partial charge in [-0.1, -0.05) is 12.1 Å². The lowest BCUT2D eigenvalue weighted by Gasteiger charge is -2.22. The third kappa shape index (κ3) is 9.75. The summed E-state index contributed by atoms with van der Waals surface area (Å²) in [5, 5.41) is 23.6. The number of carbonyl (C=O) groups is 4. The monoisotopic (exact) mass is 451 g/mol. The zero-order chi connectivity index (χ0) is 24.3. The Bertz CT molecular complexity index is 839. The van der Waals surface area contributed by atoms with Crippen molar-refractivity contribution < 1.29 is 29.4 Å². The van der Waals surface area contributed by atoms with E-state index in [4.69, 9.17) is 22.9 Å². The molecule has 0 aliphatic heterocycles. The third-order valence-corrected chi connectivity index (χ3v) is 4.33. The maximum absolute atomic E-state index is 12.8. The first-order valence-electron chi connectivity index (χ1n) is 9.70. The normalized spacial score (nSPS) is 13.3. The fraction of sp³-hybridized carbons (Fsp3) is 0.421. The standard InChI is InChI=1S/C19H29N7O6/c20-12(9-15(21)28)16(29)25-13(2-1-7-24-19(22)23)17(30)26-14(18(31)32)8-10-3-5-11(27)6-4-10/h3-6,12-14,27H,1-2,7-9,20H2,(H2,21,28)(H,25,29)(H,26,30)(H,31,32)(H4,22,23,24)/t12-,13-,14-/m0/s1.